The maximum absolute atomic E-state index is 11.2. The highest BCUT2D eigenvalue weighted by Crippen LogP contribution is 2.36. The molecule has 0 spiro atoms. The van der Waals surface area contributed by atoms with E-state index in [4.69, 9.17) is 4.42 Å². The Hall–Kier alpha value is -1.55. The Morgan fingerprint density at radius 3 is 2.89 bits per heavy atom. The number of aromatic nitrogens is 1. The van der Waals surface area contributed by atoms with Crippen LogP contribution < -0.4 is 11.1 Å². The van der Waals surface area contributed by atoms with Gasteiger partial charge in [-0.2, -0.15) is 0 Å². The number of nitrogens with one attached hydrogen (secondary N) is 2. The van der Waals surface area contributed by atoms with E-state index in [9.17, 15) is 4.79 Å². The Bertz CT molecular complexity index is 593. The topological polar surface area (TPSA) is 58.0 Å². The third kappa shape index (κ3) is 1.97. The van der Waals surface area contributed by atoms with E-state index in [2.05, 4.69) is 16.4 Å². The second kappa shape index (κ2) is 4.61. The third-order valence-electron chi connectivity index (χ3n) is 3.99. The zero-order chi connectivity index (χ0) is 12.5. The molecule has 18 heavy (non-hydrogen) atoms. The van der Waals surface area contributed by atoms with E-state index in [0.29, 0.717) is 17.5 Å². The van der Waals surface area contributed by atoms with Gasteiger partial charge in [-0.25, -0.2) is 4.79 Å². The van der Waals surface area contributed by atoms with Gasteiger partial charge in [-0.05, 0) is 43.5 Å². The molecule has 1 aliphatic carbocycles. The average molecular weight is 246 g/mol. The summed E-state index contributed by atoms with van der Waals surface area (Å²) in [7, 11) is 2.00. The van der Waals surface area contributed by atoms with Crippen LogP contribution in [0.3, 0.4) is 0 Å². The highest BCUT2D eigenvalue weighted by Gasteiger charge is 2.25. The lowest BCUT2D eigenvalue weighted by Gasteiger charge is -2.23. The van der Waals surface area contributed by atoms with Gasteiger partial charge in [-0.15, -0.1) is 0 Å². The summed E-state index contributed by atoms with van der Waals surface area (Å²) >= 11 is 0. The molecule has 1 heterocycles. The second-order valence-electron chi connectivity index (χ2n) is 5.08. The molecule has 4 heteroatoms. The molecule has 4 nitrogen and oxygen atoms in total. The van der Waals surface area contributed by atoms with Crippen molar-refractivity contribution in [3.05, 3.63) is 34.3 Å². The zero-order valence-electron chi connectivity index (χ0n) is 10.5. The van der Waals surface area contributed by atoms with Crippen LogP contribution in [0.1, 0.15) is 37.3 Å². The van der Waals surface area contributed by atoms with E-state index >= 15 is 0 Å². The summed E-state index contributed by atoms with van der Waals surface area (Å²) in [4.78, 5) is 13.8. The molecule has 1 saturated carbocycles. The van der Waals surface area contributed by atoms with Gasteiger partial charge < -0.3 is 9.73 Å². The lowest BCUT2D eigenvalue weighted by atomic mass is 9.91. The zero-order valence-corrected chi connectivity index (χ0v) is 10.5. The molecule has 1 atom stereocenters. The van der Waals surface area contributed by atoms with Gasteiger partial charge in [0.1, 0.15) is 0 Å². The van der Waals surface area contributed by atoms with Crippen LogP contribution in [0.15, 0.2) is 27.4 Å². The van der Waals surface area contributed by atoms with E-state index in [-0.39, 0.29) is 5.76 Å². The molecule has 1 aliphatic rings. The summed E-state index contributed by atoms with van der Waals surface area (Å²) < 4.78 is 5.13. The fraction of sp³-hybridized carbons (Fsp3) is 0.500. The second-order valence-corrected chi connectivity index (χ2v) is 5.08. The molecule has 0 radical (unpaired) electrons. The third-order valence-corrected chi connectivity index (χ3v) is 3.99. The molecule has 0 saturated heterocycles. The predicted molar refractivity (Wildman–Crippen MR) is 70.6 cm³/mol. The Labute approximate surface area is 105 Å². The fourth-order valence-corrected chi connectivity index (χ4v) is 3.12. The first kappa shape index (κ1) is 11.5. The summed E-state index contributed by atoms with van der Waals surface area (Å²) in [6.45, 7) is 0. The van der Waals surface area contributed by atoms with Gasteiger partial charge in [0, 0.05) is 6.04 Å². The van der Waals surface area contributed by atoms with Crippen LogP contribution in [0.2, 0.25) is 0 Å². The highest BCUT2D eigenvalue weighted by atomic mass is 16.4. The summed E-state index contributed by atoms with van der Waals surface area (Å²) in [5.41, 5.74) is 2.63. The van der Waals surface area contributed by atoms with Gasteiger partial charge in [-0.3, -0.25) is 4.98 Å². The minimum atomic E-state index is -0.385. The maximum Gasteiger partial charge on any atom is 0.417 e. The van der Waals surface area contributed by atoms with Crippen LogP contribution in [0.5, 0.6) is 0 Å². The molecule has 1 aromatic heterocycles. The monoisotopic (exact) mass is 246 g/mol. The Kier molecular flexibility index (Phi) is 2.96. The fourth-order valence-electron chi connectivity index (χ4n) is 3.12. The average Bonchev–Trinajstić information content (AvgIpc) is 2.97. The number of benzene rings is 1. The number of H-pyrrole nitrogens is 1. The lowest BCUT2D eigenvalue weighted by molar-refractivity contribution is 0.390. The number of hydrogen-bond acceptors (Lipinski definition) is 3. The molecular weight excluding hydrogens is 228 g/mol. The minimum absolute atomic E-state index is 0.358. The number of hydrogen-bond donors (Lipinski definition) is 2. The largest absolute Gasteiger partial charge is 0.417 e. The SMILES string of the molecule is CNC(c1ccc2[nH]c(=O)oc2c1)C1CCCC1. The van der Waals surface area contributed by atoms with E-state index in [1.807, 2.05) is 19.2 Å². The summed E-state index contributed by atoms with van der Waals surface area (Å²) in [5, 5.41) is 3.40. The van der Waals surface area contributed by atoms with E-state index in [1.54, 1.807) is 0 Å². The maximum atomic E-state index is 11.2. The first-order chi connectivity index (χ1) is 8.78. The van der Waals surface area contributed by atoms with Crippen molar-refractivity contribution in [2.75, 3.05) is 7.05 Å². The van der Waals surface area contributed by atoms with Crippen LogP contribution in [-0.4, -0.2) is 12.0 Å². The smallest absolute Gasteiger partial charge is 0.408 e. The van der Waals surface area contributed by atoms with E-state index < -0.39 is 0 Å². The lowest BCUT2D eigenvalue weighted by Crippen LogP contribution is -2.23. The molecule has 3 rings (SSSR count). The molecular formula is C14H18N2O2. The van der Waals surface area contributed by atoms with Crippen LogP contribution in [0.4, 0.5) is 0 Å². The molecule has 0 bridgehead atoms. The van der Waals surface area contributed by atoms with Gasteiger partial charge in [0.25, 0.3) is 0 Å². The quantitative estimate of drug-likeness (QED) is 0.875. The van der Waals surface area contributed by atoms with Crippen molar-refractivity contribution >= 4 is 11.1 Å². The first-order valence-corrected chi connectivity index (χ1v) is 6.58. The molecule has 2 aromatic rings. The van der Waals surface area contributed by atoms with Gasteiger partial charge >= 0.3 is 5.76 Å². The minimum Gasteiger partial charge on any atom is -0.408 e. The number of oxazole rings is 1. The molecule has 0 amide bonds. The molecule has 1 fully saturated rings. The summed E-state index contributed by atoms with van der Waals surface area (Å²) in [5.74, 6) is 0.308. The van der Waals surface area contributed by atoms with Crippen molar-refractivity contribution in [1.29, 1.82) is 0 Å². The Balaban J connectivity index is 1.98. The van der Waals surface area contributed by atoms with Crippen LogP contribution >= 0.6 is 0 Å². The van der Waals surface area contributed by atoms with Crippen LogP contribution in [-0.2, 0) is 0 Å². The normalized spacial score (nSPS) is 18.5. The van der Waals surface area contributed by atoms with Gasteiger partial charge in [-0.1, -0.05) is 18.9 Å². The Morgan fingerprint density at radius 1 is 1.39 bits per heavy atom. The van der Waals surface area contributed by atoms with Gasteiger partial charge in [0.15, 0.2) is 5.58 Å². The molecule has 1 unspecified atom stereocenters. The summed E-state index contributed by atoms with van der Waals surface area (Å²) in [6.07, 6.45) is 5.20. The molecule has 2 N–H and O–H groups in total. The van der Waals surface area contributed by atoms with Crippen molar-refractivity contribution in [1.82, 2.24) is 10.3 Å². The van der Waals surface area contributed by atoms with Crippen molar-refractivity contribution in [2.45, 2.75) is 31.7 Å². The van der Waals surface area contributed by atoms with Crippen molar-refractivity contribution in [3.63, 3.8) is 0 Å². The number of rotatable bonds is 3. The summed E-state index contributed by atoms with van der Waals surface area (Å²) in [6, 6.07) is 6.34. The number of aromatic amines is 1. The van der Waals surface area contributed by atoms with Crippen LogP contribution in [0.25, 0.3) is 11.1 Å². The van der Waals surface area contributed by atoms with Crippen molar-refractivity contribution < 1.29 is 4.42 Å². The predicted octanol–water partition coefficient (Wildman–Crippen LogP) is 2.57. The highest BCUT2D eigenvalue weighted by molar-refractivity contribution is 5.72. The first-order valence-electron chi connectivity index (χ1n) is 6.58. The van der Waals surface area contributed by atoms with Crippen LogP contribution in [0, 0.1) is 5.92 Å². The van der Waals surface area contributed by atoms with E-state index in [0.717, 1.165) is 5.52 Å². The Morgan fingerprint density at radius 2 is 2.17 bits per heavy atom. The molecule has 0 aliphatic heterocycles. The molecule has 1 aromatic carbocycles. The van der Waals surface area contributed by atoms with E-state index in [1.165, 1.54) is 31.2 Å². The van der Waals surface area contributed by atoms with Crippen molar-refractivity contribution in [3.8, 4) is 0 Å². The van der Waals surface area contributed by atoms with Gasteiger partial charge in [0.2, 0.25) is 0 Å². The molecule has 96 valence electrons. The number of fused-ring (bicyclic) bond motifs is 1. The van der Waals surface area contributed by atoms with Gasteiger partial charge in [0.05, 0.1) is 5.52 Å². The van der Waals surface area contributed by atoms with Crippen molar-refractivity contribution in [2.24, 2.45) is 5.92 Å². The standard InChI is InChI=1S/C14H18N2O2/c1-15-13(9-4-2-3-5-9)10-6-7-11-12(8-10)18-14(17)16-11/h6-9,13,15H,2-5H2,1H3,(H,16,17).